The Hall–Kier alpha value is -3.79. The van der Waals surface area contributed by atoms with Gasteiger partial charge in [0.1, 0.15) is 17.1 Å². The van der Waals surface area contributed by atoms with Crippen LogP contribution in [0.2, 0.25) is 0 Å². The predicted molar refractivity (Wildman–Crippen MR) is 97.0 cm³/mol. The monoisotopic (exact) mass is 386 g/mol. The van der Waals surface area contributed by atoms with Crippen molar-refractivity contribution in [3.63, 3.8) is 0 Å². The Kier molecular flexibility index (Phi) is 4.81. The highest BCUT2D eigenvalue weighted by atomic mass is 32.1. The fraction of sp³-hybridized carbons (Fsp3) is 0. The zero-order valence-corrected chi connectivity index (χ0v) is 14.2. The fourth-order valence-corrected chi connectivity index (χ4v) is 2.83. The van der Waals surface area contributed by atoms with Gasteiger partial charge in [-0.1, -0.05) is 0 Å². The zero-order valence-electron chi connectivity index (χ0n) is 13.4. The molecule has 0 radical (unpaired) electrons. The number of nitro benzene ring substituents is 1. The van der Waals surface area contributed by atoms with Crippen molar-refractivity contribution in [2.75, 3.05) is 0 Å². The van der Waals surface area contributed by atoms with E-state index in [1.165, 1.54) is 30.3 Å². The van der Waals surface area contributed by atoms with Crippen LogP contribution in [0.25, 0.3) is 17.4 Å². The van der Waals surface area contributed by atoms with Gasteiger partial charge < -0.3 is 9.52 Å². The smallest absolute Gasteiger partial charge is 0.310 e. The van der Waals surface area contributed by atoms with Gasteiger partial charge >= 0.3 is 4.87 Å². The summed E-state index contributed by atoms with van der Waals surface area (Å²) in [6.07, 6.45) is 2.33. The highest BCUT2D eigenvalue weighted by molar-refractivity contribution is 7.11. The van der Waals surface area contributed by atoms with Crippen molar-refractivity contribution in [2.45, 2.75) is 0 Å². The van der Waals surface area contributed by atoms with E-state index in [1.54, 1.807) is 12.1 Å². The molecule has 3 aromatic rings. The Balaban J connectivity index is 1.81. The Morgan fingerprint density at radius 2 is 1.89 bits per heavy atom. The molecular formula is C17H10N2O7S. The van der Waals surface area contributed by atoms with Gasteiger partial charge in [-0.05, 0) is 47.8 Å². The molecule has 0 aliphatic carbocycles. The Bertz CT molecular complexity index is 1170. The molecule has 0 saturated carbocycles. The minimum Gasteiger partial charge on any atom is -0.499 e. The van der Waals surface area contributed by atoms with Gasteiger partial charge in [0, 0.05) is 17.7 Å². The Labute approximate surface area is 154 Å². The van der Waals surface area contributed by atoms with Crippen LogP contribution in [-0.2, 0) is 0 Å². The number of non-ortho nitro benzene ring substituents is 1. The van der Waals surface area contributed by atoms with Crippen molar-refractivity contribution in [3.8, 4) is 16.4 Å². The number of rotatable bonds is 5. The number of hydrogen-bond donors (Lipinski definition) is 2. The molecule has 2 N–H and O–H groups in total. The maximum absolute atomic E-state index is 12.1. The standard InChI is InChI=1S/C17H10N2O7S/c20-12(14-15(21)18-17(23)27-16(14)22)7-5-11-6-8-13(26-11)9-1-3-10(4-2-9)19(24)25/h1-8,22H,(H,18,21,23)/b7-5+. The molecule has 2 heterocycles. The molecule has 0 atom stereocenters. The Morgan fingerprint density at radius 1 is 1.19 bits per heavy atom. The van der Waals surface area contributed by atoms with E-state index in [2.05, 4.69) is 0 Å². The number of hydrogen-bond acceptors (Lipinski definition) is 8. The number of nitrogens with zero attached hydrogens (tertiary/aromatic N) is 1. The lowest BCUT2D eigenvalue weighted by Gasteiger charge is -1.97. The number of carbonyl (C=O) groups is 1. The van der Waals surface area contributed by atoms with E-state index in [9.17, 15) is 29.6 Å². The second-order valence-corrected chi connectivity index (χ2v) is 6.19. The van der Waals surface area contributed by atoms with Crippen LogP contribution in [0.4, 0.5) is 5.69 Å². The number of aromatic amines is 1. The number of aromatic hydroxyl groups is 1. The number of aromatic nitrogens is 1. The molecular weight excluding hydrogens is 376 g/mol. The summed E-state index contributed by atoms with van der Waals surface area (Å²) in [6.45, 7) is 0. The summed E-state index contributed by atoms with van der Waals surface area (Å²) < 4.78 is 5.53. The molecule has 0 saturated heterocycles. The molecule has 136 valence electrons. The van der Waals surface area contributed by atoms with Crippen LogP contribution in [0.3, 0.4) is 0 Å². The molecule has 0 bridgehead atoms. The molecule has 0 spiro atoms. The summed E-state index contributed by atoms with van der Waals surface area (Å²) in [5, 5.41) is 19.6. The number of carbonyl (C=O) groups excluding carboxylic acids is 1. The van der Waals surface area contributed by atoms with E-state index < -0.39 is 31.8 Å². The average molecular weight is 386 g/mol. The lowest BCUT2D eigenvalue weighted by Crippen LogP contribution is -2.22. The van der Waals surface area contributed by atoms with Crippen molar-refractivity contribution < 1.29 is 19.2 Å². The van der Waals surface area contributed by atoms with Crippen LogP contribution in [-0.4, -0.2) is 20.8 Å². The van der Waals surface area contributed by atoms with Crippen molar-refractivity contribution in [2.24, 2.45) is 0 Å². The van der Waals surface area contributed by atoms with Crippen LogP contribution in [0, 0.1) is 10.1 Å². The molecule has 9 nitrogen and oxygen atoms in total. The minimum absolute atomic E-state index is 0.0498. The maximum atomic E-state index is 12.1. The van der Waals surface area contributed by atoms with Crippen LogP contribution < -0.4 is 10.4 Å². The normalized spacial score (nSPS) is 11.0. The van der Waals surface area contributed by atoms with Gasteiger partial charge in [0.2, 0.25) is 0 Å². The largest absolute Gasteiger partial charge is 0.499 e. The zero-order chi connectivity index (χ0) is 19.6. The van der Waals surface area contributed by atoms with Crippen LogP contribution in [0.5, 0.6) is 5.06 Å². The Morgan fingerprint density at radius 3 is 2.52 bits per heavy atom. The highest BCUT2D eigenvalue weighted by Crippen LogP contribution is 2.25. The van der Waals surface area contributed by atoms with E-state index >= 15 is 0 Å². The molecule has 0 fully saturated rings. The molecule has 0 unspecified atom stereocenters. The third-order valence-corrected chi connectivity index (χ3v) is 4.17. The lowest BCUT2D eigenvalue weighted by atomic mass is 10.1. The molecule has 1 aromatic carbocycles. The fourth-order valence-electron chi connectivity index (χ4n) is 2.22. The van der Waals surface area contributed by atoms with E-state index in [0.717, 1.165) is 6.08 Å². The predicted octanol–water partition coefficient (Wildman–Crippen LogP) is 2.57. The number of ketones is 1. The molecule has 0 aliphatic heterocycles. The average Bonchev–Trinajstić information content (AvgIpc) is 3.08. The number of nitro groups is 1. The van der Waals surface area contributed by atoms with E-state index in [-0.39, 0.29) is 11.4 Å². The van der Waals surface area contributed by atoms with E-state index in [0.29, 0.717) is 22.7 Å². The minimum atomic E-state index is -0.975. The first-order chi connectivity index (χ1) is 12.8. The number of furan rings is 1. The summed E-state index contributed by atoms with van der Waals surface area (Å²) in [5.74, 6) is -0.0781. The van der Waals surface area contributed by atoms with E-state index in [1.807, 2.05) is 4.98 Å². The van der Waals surface area contributed by atoms with Crippen molar-refractivity contribution in [1.29, 1.82) is 0 Å². The summed E-state index contributed by atoms with van der Waals surface area (Å²) in [4.78, 5) is 46.1. The number of benzene rings is 1. The molecule has 10 heteroatoms. The van der Waals surface area contributed by atoms with Gasteiger partial charge in [-0.25, -0.2) is 0 Å². The first kappa shape index (κ1) is 18.0. The van der Waals surface area contributed by atoms with Gasteiger partial charge in [0.25, 0.3) is 11.2 Å². The van der Waals surface area contributed by atoms with Gasteiger partial charge in [-0.2, -0.15) is 0 Å². The molecule has 0 amide bonds. The SMILES string of the molecule is O=C(/C=C/c1ccc(-c2ccc([N+](=O)[O-])cc2)o1)c1c(O)sc(=O)[nH]c1=O. The van der Waals surface area contributed by atoms with Crippen molar-refractivity contribution in [3.05, 3.63) is 83.9 Å². The van der Waals surface area contributed by atoms with Crippen molar-refractivity contribution in [1.82, 2.24) is 4.98 Å². The summed E-state index contributed by atoms with van der Waals surface area (Å²) >= 11 is 0.346. The van der Waals surface area contributed by atoms with Gasteiger partial charge in [-0.15, -0.1) is 0 Å². The summed E-state index contributed by atoms with van der Waals surface area (Å²) in [5.41, 5.74) is -0.949. The maximum Gasteiger partial charge on any atom is 0.310 e. The highest BCUT2D eigenvalue weighted by Gasteiger charge is 2.15. The second kappa shape index (κ2) is 7.22. The number of allylic oxidation sites excluding steroid dienone is 1. The molecule has 27 heavy (non-hydrogen) atoms. The molecule has 3 rings (SSSR count). The van der Waals surface area contributed by atoms with Crippen LogP contribution in [0.1, 0.15) is 16.1 Å². The van der Waals surface area contributed by atoms with Gasteiger partial charge in [-0.3, -0.25) is 29.5 Å². The number of H-pyrrole nitrogens is 1. The third kappa shape index (κ3) is 3.90. The summed E-state index contributed by atoms with van der Waals surface area (Å²) in [6, 6.07) is 8.91. The van der Waals surface area contributed by atoms with Crippen molar-refractivity contribution >= 4 is 28.9 Å². The second-order valence-electron chi connectivity index (χ2n) is 5.23. The molecule has 0 aliphatic rings. The lowest BCUT2D eigenvalue weighted by molar-refractivity contribution is -0.384. The van der Waals surface area contributed by atoms with Gasteiger partial charge in [0.15, 0.2) is 10.8 Å². The third-order valence-electron chi connectivity index (χ3n) is 3.48. The summed E-state index contributed by atoms with van der Waals surface area (Å²) in [7, 11) is 0. The topological polar surface area (TPSA) is 144 Å². The van der Waals surface area contributed by atoms with Crippen LogP contribution in [0.15, 0.2) is 56.5 Å². The van der Waals surface area contributed by atoms with E-state index in [4.69, 9.17) is 4.42 Å². The van der Waals surface area contributed by atoms with Gasteiger partial charge in [0.05, 0.1) is 4.92 Å². The first-order valence-corrected chi connectivity index (χ1v) is 8.20. The first-order valence-electron chi connectivity index (χ1n) is 7.38. The van der Waals surface area contributed by atoms with Crippen LogP contribution >= 0.6 is 11.3 Å². The number of nitrogens with one attached hydrogen (secondary N) is 1. The quantitative estimate of drug-likeness (QED) is 0.297. The molecule has 2 aromatic heterocycles.